The molecule has 0 aromatic rings. The Bertz CT molecular complexity index is 1010. The van der Waals surface area contributed by atoms with Crippen molar-refractivity contribution in [3.05, 3.63) is 12.2 Å². The van der Waals surface area contributed by atoms with Gasteiger partial charge in [0.1, 0.15) is 18.8 Å². The molecule has 2 saturated heterocycles. The Kier molecular flexibility index (Phi) is 10.2. The van der Waals surface area contributed by atoms with Crippen molar-refractivity contribution in [3.8, 4) is 0 Å². The van der Waals surface area contributed by atoms with Gasteiger partial charge in [-0.25, -0.2) is 9.69 Å². The van der Waals surface area contributed by atoms with Gasteiger partial charge >= 0.3 is 24.0 Å². The standard InChI is InChI=1S/C29H45NO10/c1-16(2)13-12-14-18(31)30-19-21(39-25(34)29(9,10)11)20(38-24(33)28(6,7)8)17(37-22(19)40-26(30)35)15-36-23(32)27(3,4)5/h12,14,16-17,19-22H,13,15H2,1-11H3/b14-12+/t17-,19-,20+,21-,22-/m1/s1. The highest BCUT2D eigenvalue weighted by molar-refractivity contribution is 6.00. The van der Waals surface area contributed by atoms with E-state index < -0.39 is 76.8 Å². The molecule has 2 aliphatic heterocycles. The number of ether oxygens (including phenoxy) is 5. The topological polar surface area (TPSA) is 135 Å². The summed E-state index contributed by atoms with van der Waals surface area (Å²) in [5, 5.41) is 0. The molecule has 0 aromatic carbocycles. The smallest absolute Gasteiger partial charge is 0.419 e. The summed E-state index contributed by atoms with van der Waals surface area (Å²) in [6.07, 6.45) is -2.76. The number of allylic oxidation sites excluding steroid dienone is 1. The van der Waals surface area contributed by atoms with Crippen LogP contribution in [0.2, 0.25) is 0 Å². The molecule has 0 radical (unpaired) electrons. The molecule has 0 aliphatic carbocycles. The second kappa shape index (κ2) is 12.3. The summed E-state index contributed by atoms with van der Waals surface area (Å²) in [6, 6.07) is -1.26. The molecule has 0 N–H and O–H groups in total. The first kappa shape index (κ1) is 33.3. The Hall–Kier alpha value is -2.95. The fraction of sp³-hybridized carbons (Fsp3) is 0.759. The molecule has 40 heavy (non-hydrogen) atoms. The summed E-state index contributed by atoms with van der Waals surface area (Å²) in [6.45, 7) is 18.4. The van der Waals surface area contributed by atoms with Crippen molar-refractivity contribution in [1.82, 2.24) is 4.90 Å². The SMILES string of the molecule is CC(C)C/C=C/C(=O)N1C(=O)O[C@H]2O[C@H](COC(=O)C(C)(C)C)[C@H](OC(=O)C(C)(C)C)[C@H](OC(=O)C(C)(C)C)[C@H]21. The van der Waals surface area contributed by atoms with Crippen molar-refractivity contribution in [2.75, 3.05) is 6.61 Å². The summed E-state index contributed by atoms with van der Waals surface area (Å²) < 4.78 is 28.6. The number of esters is 3. The van der Waals surface area contributed by atoms with Crippen molar-refractivity contribution in [2.24, 2.45) is 22.2 Å². The van der Waals surface area contributed by atoms with Crippen LogP contribution < -0.4 is 0 Å². The van der Waals surface area contributed by atoms with Crippen LogP contribution in [-0.4, -0.2) is 72.1 Å². The van der Waals surface area contributed by atoms with Crippen LogP contribution in [0.4, 0.5) is 4.79 Å². The molecule has 0 bridgehead atoms. The zero-order valence-electron chi connectivity index (χ0n) is 25.6. The Morgan fingerprint density at radius 3 is 1.82 bits per heavy atom. The van der Waals surface area contributed by atoms with E-state index in [4.69, 9.17) is 23.7 Å². The van der Waals surface area contributed by atoms with Crippen LogP contribution in [0.5, 0.6) is 0 Å². The van der Waals surface area contributed by atoms with Gasteiger partial charge in [0.25, 0.3) is 5.91 Å². The highest BCUT2D eigenvalue weighted by Crippen LogP contribution is 2.37. The van der Waals surface area contributed by atoms with Crippen molar-refractivity contribution < 1.29 is 47.7 Å². The van der Waals surface area contributed by atoms with E-state index in [1.165, 1.54) is 6.08 Å². The number of carbonyl (C=O) groups is 5. The van der Waals surface area contributed by atoms with Gasteiger partial charge in [-0.2, -0.15) is 0 Å². The Balaban J connectivity index is 2.57. The minimum absolute atomic E-state index is 0.276. The minimum Gasteiger partial charge on any atom is -0.462 e. The number of nitrogens with zero attached hydrogens (tertiary/aromatic N) is 1. The first-order chi connectivity index (χ1) is 18.1. The molecule has 2 amide bonds. The molecule has 226 valence electrons. The van der Waals surface area contributed by atoms with Gasteiger partial charge in [-0.1, -0.05) is 19.9 Å². The lowest BCUT2D eigenvalue weighted by atomic mass is 9.92. The molecule has 2 fully saturated rings. The predicted octanol–water partition coefficient (Wildman–Crippen LogP) is 4.17. The predicted molar refractivity (Wildman–Crippen MR) is 143 cm³/mol. The van der Waals surface area contributed by atoms with E-state index in [9.17, 15) is 24.0 Å². The molecule has 0 unspecified atom stereocenters. The van der Waals surface area contributed by atoms with Crippen LogP contribution in [-0.2, 0) is 42.9 Å². The summed E-state index contributed by atoms with van der Waals surface area (Å²) in [5.41, 5.74) is -2.77. The zero-order valence-corrected chi connectivity index (χ0v) is 25.6. The maximum atomic E-state index is 13.2. The van der Waals surface area contributed by atoms with Crippen molar-refractivity contribution in [2.45, 2.75) is 113 Å². The molecule has 2 rings (SSSR count). The third-order valence-electron chi connectivity index (χ3n) is 6.13. The molecule has 0 saturated carbocycles. The summed E-state index contributed by atoms with van der Waals surface area (Å²) >= 11 is 0. The maximum absolute atomic E-state index is 13.2. The quantitative estimate of drug-likeness (QED) is 0.251. The van der Waals surface area contributed by atoms with Crippen LogP contribution in [0.3, 0.4) is 0 Å². The van der Waals surface area contributed by atoms with E-state index in [0.717, 1.165) is 4.90 Å². The minimum atomic E-state index is -1.37. The lowest BCUT2D eigenvalue weighted by Crippen LogP contribution is -2.64. The largest absolute Gasteiger partial charge is 0.462 e. The first-order valence-corrected chi connectivity index (χ1v) is 13.6. The molecular formula is C29H45NO10. The molecular weight excluding hydrogens is 522 g/mol. The molecule has 5 atom stereocenters. The summed E-state index contributed by atoms with van der Waals surface area (Å²) in [4.78, 5) is 65.7. The number of hydrogen-bond donors (Lipinski definition) is 0. The third kappa shape index (κ3) is 8.28. The van der Waals surface area contributed by atoms with Gasteiger partial charge in [0.15, 0.2) is 12.2 Å². The van der Waals surface area contributed by atoms with Crippen LogP contribution in [0.15, 0.2) is 12.2 Å². The Morgan fingerprint density at radius 2 is 1.35 bits per heavy atom. The number of imide groups is 1. The van der Waals surface area contributed by atoms with Crippen LogP contribution in [0.1, 0.15) is 82.6 Å². The van der Waals surface area contributed by atoms with E-state index in [-0.39, 0.29) is 12.5 Å². The lowest BCUT2D eigenvalue weighted by Gasteiger charge is -2.43. The van der Waals surface area contributed by atoms with Gasteiger partial charge < -0.3 is 23.7 Å². The van der Waals surface area contributed by atoms with Gasteiger partial charge in [-0.3, -0.25) is 19.2 Å². The van der Waals surface area contributed by atoms with Gasteiger partial charge in [0.05, 0.1) is 16.2 Å². The molecule has 0 aromatic heterocycles. The molecule has 11 heteroatoms. The molecule has 2 aliphatic rings. The van der Waals surface area contributed by atoms with Crippen molar-refractivity contribution in [3.63, 3.8) is 0 Å². The van der Waals surface area contributed by atoms with Gasteiger partial charge in [-0.05, 0) is 80.7 Å². The number of amides is 2. The average Bonchev–Trinajstić information content (AvgIpc) is 3.12. The highest BCUT2D eigenvalue weighted by Gasteiger charge is 2.61. The summed E-state index contributed by atoms with van der Waals surface area (Å²) in [7, 11) is 0. The first-order valence-electron chi connectivity index (χ1n) is 13.6. The Morgan fingerprint density at radius 1 is 0.850 bits per heavy atom. The fourth-order valence-electron chi connectivity index (χ4n) is 3.68. The van der Waals surface area contributed by atoms with E-state index in [0.29, 0.717) is 6.42 Å². The normalized spacial score (nSPS) is 25.4. The summed E-state index contributed by atoms with van der Waals surface area (Å²) in [5.74, 6) is -2.28. The van der Waals surface area contributed by atoms with E-state index in [1.807, 2.05) is 13.8 Å². The highest BCUT2D eigenvalue weighted by atomic mass is 16.7. The third-order valence-corrected chi connectivity index (χ3v) is 6.13. The van der Waals surface area contributed by atoms with E-state index in [1.54, 1.807) is 68.4 Å². The molecule has 11 nitrogen and oxygen atoms in total. The van der Waals surface area contributed by atoms with E-state index >= 15 is 0 Å². The lowest BCUT2D eigenvalue weighted by molar-refractivity contribution is -0.259. The van der Waals surface area contributed by atoms with Crippen molar-refractivity contribution >= 4 is 29.9 Å². The fourth-order valence-corrected chi connectivity index (χ4v) is 3.68. The maximum Gasteiger partial charge on any atom is 0.419 e. The number of carbonyl (C=O) groups excluding carboxylic acids is 5. The van der Waals surface area contributed by atoms with Crippen LogP contribution >= 0.6 is 0 Å². The van der Waals surface area contributed by atoms with Crippen LogP contribution in [0, 0.1) is 22.2 Å². The number of rotatable bonds is 7. The van der Waals surface area contributed by atoms with E-state index in [2.05, 4.69) is 0 Å². The Labute approximate surface area is 236 Å². The monoisotopic (exact) mass is 567 g/mol. The zero-order chi connectivity index (χ0) is 30.8. The number of hydrogen-bond acceptors (Lipinski definition) is 10. The van der Waals surface area contributed by atoms with Gasteiger partial charge in [0, 0.05) is 0 Å². The van der Waals surface area contributed by atoms with Crippen molar-refractivity contribution in [1.29, 1.82) is 0 Å². The van der Waals surface area contributed by atoms with Gasteiger partial charge in [-0.15, -0.1) is 0 Å². The molecule has 0 spiro atoms. The average molecular weight is 568 g/mol. The van der Waals surface area contributed by atoms with Gasteiger partial charge in [0.2, 0.25) is 6.29 Å². The second-order valence-electron chi connectivity index (χ2n) is 13.7. The molecule has 2 heterocycles. The second-order valence-corrected chi connectivity index (χ2v) is 13.7. The van der Waals surface area contributed by atoms with Crippen LogP contribution in [0.25, 0.3) is 0 Å². The number of fused-ring (bicyclic) bond motifs is 1.